The molecule has 0 heterocycles. The van der Waals surface area contributed by atoms with Gasteiger partial charge in [-0.1, -0.05) is 11.6 Å². The van der Waals surface area contributed by atoms with Crippen LogP contribution in [0.15, 0.2) is 42.5 Å². The average molecular weight is 317 g/mol. The van der Waals surface area contributed by atoms with E-state index in [2.05, 4.69) is 5.32 Å². The van der Waals surface area contributed by atoms with Crippen LogP contribution in [0.3, 0.4) is 0 Å². The first-order chi connectivity index (χ1) is 9.77. The van der Waals surface area contributed by atoms with E-state index in [1.54, 1.807) is 24.3 Å². The van der Waals surface area contributed by atoms with Gasteiger partial charge in [0.25, 0.3) is 5.69 Å². The van der Waals surface area contributed by atoms with Crippen LogP contribution in [0.5, 0.6) is 0 Å². The molecule has 0 unspecified atom stereocenters. The second-order valence-corrected chi connectivity index (χ2v) is 4.56. The monoisotopic (exact) mass is 316 g/mol. The number of benzene rings is 2. The van der Waals surface area contributed by atoms with Crippen molar-refractivity contribution in [1.82, 2.24) is 0 Å². The van der Waals surface area contributed by atoms with Gasteiger partial charge in [-0.15, -0.1) is 0 Å². The molecule has 2 aromatic rings. The molecule has 0 aliphatic heterocycles. The summed E-state index contributed by atoms with van der Waals surface area (Å²) in [6.07, 6.45) is -4.78. The van der Waals surface area contributed by atoms with E-state index in [9.17, 15) is 23.3 Å². The third-order valence-electron chi connectivity index (χ3n) is 2.63. The second-order valence-electron chi connectivity index (χ2n) is 4.12. The molecule has 0 spiro atoms. The number of hydrogen-bond acceptors (Lipinski definition) is 3. The molecule has 0 bridgehead atoms. The summed E-state index contributed by atoms with van der Waals surface area (Å²) in [5, 5.41) is 14.1. The first-order valence-electron chi connectivity index (χ1n) is 5.65. The normalized spacial score (nSPS) is 11.2. The maximum Gasteiger partial charge on any atom is 0.423 e. The molecule has 1 N–H and O–H groups in total. The van der Waals surface area contributed by atoms with Crippen molar-refractivity contribution in [2.45, 2.75) is 6.18 Å². The summed E-state index contributed by atoms with van der Waals surface area (Å²) < 4.78 is 38.0. The maximum atomic E-state index is 12.7. The van der Waals surface area contributed by atoms with Crippen LogP contribution in [0, 0.1) is 10.1 Å². The molecule has 110 valence electrons. The number of nitro benzene ring substituents is 1. The van der Waals surface area contributed by atoms with Gasteiger partial charge >= 0.3 is 6.18 Å². The van der Waals surface area contributed by atoms with Gasteiger partial charge in [0, 0.05) is 22.5 Å². The molecule has 4 nitrogen and oxygen atoms in total. The highest BCUT2D eigenvalue weighted by Crippen LogP contribution is 2.37. The Morgan fingerprint density at radius 2 is 1.62 bits per heavy atom. The number of anilines is 2. The minimum atomic E-state index is -4.78. The van der Waals surface area contributed by atoms with Gasteiger partial charge in [0.1, 0.15) is 5.56 Å². The van der Waals surface area contributed by atoms with Gasteiger partial charge in [0.2, 0.25) is 0 Å². The van der Waals surface area contributed by atoms with Crippen molar-refractivity contribution in [3.63, 3.8) is 0 Å². The lowest BCUT2D eigenvalue weighted by atomic mass is 10.1. The Kier molecular flexibility index (Phi) is 4.04. The summed E-state index contributed by atoms with van der Waals surface area (Å²) in [6, 6.07) is 9.03. The zero-order valence-electron chi connectivity index (χ0n) is 10.3. The Morgan fingerprint density at radius 3 is 2.14 bits per heavy atom. The highest BCUT2D eigenvalue weighted by molar-refractivity contribution is 6.30. The van der Waals surface area contributed by atoms with Crippen LogP contribution in [0.25, 0.3) is 0 Å². The van der Waals surface area contributed by atoms with Gasteiger partial charge in [0.15, 0.2) is 0 Å². The van der Waals surface area contributed by atoms with E-state index in [1.807, 2.05) is 0 Å². The molecule has 2 rings (SSSR count). The maximum absolute atomic E-state index is 12.7. The van der Waals surface area contributed by atoms with Gasteiger partial charge in [-0.25, -0.2) is 0 Å². The van der Waals surface area contributed by atoms with E-state index < -0.39 is 22.4 Å². The third kappa shape index (κ3) is 3.63. The average Bonchev–Trinajstić information content (AvgIpc) is 2.40. The quantitative estimate of drug-likeness (QED) is 0.639. The Labute approximate surface area is 122 Å². The summed E-state index contributed by atoms with van der Waals surface area (Å²) in [4.78, 5) is 9.72. The number of halogens is 4. The minimum absolute atomic E-state index is 0.178. The number of nitro groups is 1. The van der Waals surface area contributed by atoms with Gasteiger partial charge in [-0.2, -0.15) is 13.2 Å². The third-order valence-corrected chi connectivity index (χ3v) is 2.88. The lowest BCUT2D eigenvalue weighted by molar-refractivity contribution is -0.388. The summed E-state index contributed by atoms with van der Waals surface area (Å²) in [5.41, 5.74) is -1.55. The van der Waals surface area contributed by atoms with Crippen LogP contribution in [-0.4, -0.2) is 4.92 Å². The standard InChI is InChI=1S/C13H8ClF3N2O2/c14-8-1-3-9(4-2-8)18-10-5-6-11(13(15,16)17)12(7-10)19(20)21/h1-7,18H. The molecule has 0 fully saturated rings. The Hall–Kier alpha value is -2.28. The van der Waals surface area contributed by atoms with E-state index in [4.69, 9.17) is 11.6 Å². The summed E-state index contributed by atoms with van der Waals surface area (Å²) in [5.74, 6) is 0. The fraction of sp³-hybridized carbons (Fsp3) is 0.0769. The van der Waals surface area contributed by atoms with E-state index in [0.717, 1.165) is 12.1 Å². The molecule has 0 saturated heterocycles. The molecule has 8 heteroatoms. The van der Waals surface area contributed by atoms with Crippen LogP contribution >= 0.6 is 11.6 Å². The van der Waals surface area contributed by atoms with Crippen molar-refractivity contribution in [1.29, 1.82) is 0 Å². The zero-order chi connectivity index (χ0) is 15.6. The second kappa shape index (κ2) is 5.61. The molecule has 0 aliphatic rings. The largest absolute Gasteiger partial charge is 0.423 e. The SMILES string of the molecule is O=[N+]([O-])c1cc(Nc2ccc(Cl)cc2)ccc1C(F)(F)F. The van der Waals surface area contributed by atoms with E-state index in [0.29, 0.717) is 16.8 Å². The fourth-order valence-electron chi connectivity index (χ4n) is 1.70. The lowest BCUT2D eigenvalue weighted by Crippen LogP contribution is -2.09. The van der Waals surface area contributed by atoms with Crippen molar-refractivity contribution < 1.29 is 18.1 Å². The molecule has 2 aromatic carbocycles. The number of hydrogen-bond donors (Lipinski definition) is 1. The lowest BCUT2D eigenvalue weighted by Gasteiger charge is -2.10. The molecule has 0 amide bonds. The van der Waals surface area contributed by atoms with E-state index in [-0.39, 0.29) is 5.69 Å². The van der Waals surface area contributed by atoms with Gasteiger partial charge < -0.3 is 5.32 Å². The van der Waals surface area contributed by atoms with Crippen molar-refractivity contribution in [3.05, 3.63) is 63.2 Å². The van der Waals surface area contributed by atoms with Gasteiger partial charge in [-0.3, -0.25) is 10.1 Å². The molecule has 0 aromatic heterocycles. The smallest absolute Gasteiger partial charge is 0.355 e. The van der Waals surface area contributed by atoms with Crippen LogP contribution < -0.4 is 5.32 Å². The molecule has 0 aliphatic carbocycles. The number of rotatable bonds is 3. The van der Waals surface area contributed by atoms with Crippen molar-refractivity contribution in [2.75, 3.05) is 5.32 Å². The van der Waals surface area contributed by atoms with E-state index in [1.165, 1.54) is 0 Å². The number of nitrogens with one attached hydrogen (secondary N) is 1. The minimum Gasteiger partial charge on any atom is -0.355 e. The fourth-order valence-corrected chi connectivity index (χ4v) is 1.83. The van der Waals surface area contributed by atoms with E-state index >= 15 is 0 Å². The first kappa shape index (κ1) is 15.1. The predicted molar refractivity (Wildman–Crippen MR) is 72.8 cm³/mol. The summed E-state index contributed by atoms with van der Waals surface area (Å²) in [6.45, 7) is 0. The molecular weight excluding hydrogens is 309 g/mol. The number of nitrogens with zero attached hydrogens (tertiary/aromatic N) is 1. The Morgan fingerprint density at radius 1 is 1.05 bits per heavy atom. The molecule has 0 radical (unpaired) electrons. The van der Waals surface area contributed by atoms with Crippen molar-refractivity contribution in [2.24, 2.45) is 0 Å². The highest BCUT2D eigenvalue weighted by atomic mass is 35.5. The summed E-state index contributed by atoms with van der Waals surface area (Å²) in [7, 11) is 0. The number of alkyl halides is 3. The molecule has 0 atom stereocenters. The van der Waals surface area contributed by atoms with Crippen LogP contribution in [0.1, 0.15) is 5.56 Å². The highest BCUT2D eigenvalue weighted by Gasteiger charge is 2.38. The van der Waals surface area contributed by atoms with Gasteiger partial charge in [0.05, 0.1) is 4.92 Å². The van der Waals surface area contributed by atoms with Crippen molar-refractivity contribution >= 4 is 28.7 Å². The zero-order valence-corrected chi connectivity index (χ0v) is 11.1. The van der Waals surface area contributed by atoms with Crippen LogP contribution in [0.4, 0.5) is 30.2 Å². The molecule has 0 saturated carbocycles. The Balaban J connectivity index is 2.36. The topological polar surface area (TPSA) is 55.2 Å². The first-order valence-corrected chi connectivity index (χ1v) is 6.03. The summed E-state index contributed by atoms with van der Waals surface area (Å²) >= 11 is 5.71. The molecular formula is C13H8ClF3N2O2. The Bertz CT molecular complexity index is 672. The predicted octanol–water partition coefficient (Wildman–Crippen LogP) is 5.01. The molecule has 21 heavy (non-hydrogen) atoms. The van der Waals surface area contributed by atoms with Gasteiger partial charge in [-0.05, 0) is 36.4 Å². The van der Waals surface area contributed by atoms with Crippen molar-refractivity contribution in [3.8, 4) is 0 Å². The van der Waals surface area contributed by atoms with Crippen LogP contribution in [0.2, 0.25) is 5.02 Å². The van der Waals surface area contributed by atoms with Crippen LogP contribution in [-0.2, 0) is 6.18 Å².